The van der Waals surface area contributed by atoms with Crippen LogP contribution in [0.5, 0.6) is 0 Å². The lowest BCUT2D eigenvalue weighted by atomic mass is 9.93. The molecule has 1 heterocycles. The molecule has 14 heteroatoms. The average molecular weight is 934 g/mol. The van der Waals surface area contributed by atoms with Crippen LogP contribution in [0.1, 0.15) is 240 Å². The molecule has 64 heavy (non-hydrogen) atoms. The Morgan fingerprint density at radius 1 is 0.672 bits per heavy atom. The molecule has 1 rings (SSSR count). The molecule has 0 aromatic heterocycles. The van der Waals surface area contributed by atoms with E-state index < -0.39 is 74.7 Å². The van der Waals surface area contributed by atoms with Crippen molar-refractivity contribution in [2.24, 2.45) is 5.92 Å². The van der Waals surface area contributed by atoms with Gasteiger partial charge in [-0.15, -0.1) is 0 Å². The van der Waals surface area contributed by atoms with E-state index >= 15 is 0 Å². The van der Waals surface area contributed by atoms with Crippen molar-refractivity contribution < 1.29 is 52.6 Å². The van der Waals surface area contributed by atoms with Gasteiger partial charge in [0.15, 0.2) is 6.10 Å². The van der Waals surface area contributed by atoms with Crippen LogP contribution >= 0.6 is 7.82 Å². The van der Waals surface area contributed by atoms with Crippen molar-refractivity contribution >= 4 is 25.7 Å². The summed E-state index contributed by atoms with van der Waals surface area (Å²) in [5.41, 5.74) is 0. The van der Waals surface area contributed by atoms with Crippen LogP contribution in [0.4, 0.5) is 0 Å². The second-order valence-corrected chi connectivity index (χ2v) is 19.9. The van der Waals surface area contributed by atoms with Crippen molar-refractivity contribution in [3.63, 3.8) is 0 Å². The number of phosphoric ester groups is 1. The number of nitrogens with one attached hydrogen (secondary N) is 2. The van der Waals surface area contributed by atoms with Crippen molar-refractivity contribution in [2.45, 2.75) is 276 Å². The SMILES string of the molecule is [2H]OP(=O)(O)O[C@H]1[C@H](OC(=O)C(CCCCCCCCCCCC)CCCCCCCCCCCC)[C@@H](NC(=O)C[C@H](O)CCCCCCCCCCC)CO[C@@H]1COC(=O)[C@H](C)NC. The van der Waals surface area contributed by atoms with Crippen molar-refractivity contribution in [2.75, 3.05) is 20.3 Å². The number of rotatable bonds is 44. The van der Waals surface area contributed by atoms with Crippen LogP contribution in [0.3, 0.4) is 0 Å². The fourth-order valence-electron chi connectivity index (χ4n) is 8.60. The lowest BCUT2D eigenvalue weighted by molar-refractivity contribution is -0.196. The van der Waals surface area contributed by atoms with Gasteiger partial charge in [-0.05, 0) is 33.2 Å². The van der Waals surface area contributed by atoms with Gasteiger partial charge >= 0.3 is 19.8 Å². The number of hydrogen-bond donors (Lipinski definition) is 5. The average Bonchev–Trinajstić information content (AvgIpc) is 3.29. The quantitative estimate of drug-likeness (QED) is 0.0221. The molecular formula is C50H97N2O11P. The van der Waals surface area contributed by atoms with Gasteiger partial charge in [-0.1, -0.05) is 207 Å². The second-order valence-electron chi connectivity index (χ2n) is 18.7. The van der Waals surface area contributed by atoms with Gasteiger partial charge in [-0.2, -0.15) is 0 Å². The Morgan fingerprint density at radius 3 is 1.52 bits per heavy atom. The van der Waals surface area contributed by atoms with E-state index in [1.54, 1.807) is 14.0 Å². The van der Waals surface area contributed by atoms with Crippen LogP contribution in [0.15, 0.2) is 0 Å². The maximum absolute atomic E-state index is 14.4. The second kappa shape index (κ2) is 39.4. The van der Waals surface area contributed by atoms with Crippen LogP contribution in [-0.4, -0.2) is 90.9 Å². The molecule has 1 fully saturated rings. The zero-order valence-corrected chi connectivity index (χ0v) is 42.2. The van der Waals surface area contributed by atoms with Gasteiger partial charge in [0.25, 0.3) is 0 Å². The van der Waals surface area contributed by atoms with E-state index in [2.05, 4.69) is 36.3 Å². The molecule has 1 aliphatic rings. The van der Waals surface area contributed by atoms with Gasteiger partial charge in [0, 0.05) is 0 Å². The molecule has 1 saturated heterocycles. The largest absolute Gasteiger partial charge is 0.470 e. The van der Waals surface area contributed by atoms with Crippen LogP contribution < -0.4 is 10.6 Å². The zero-order valence-electron chi connectivity index (χ0n) is 42.3. The fourth-order valence-corrected chi connectivity index (χ4v) is 9.16. The first-order valence-corrected chi connectivity index (χ1v) is 27.7. The number of hydrogen-bond acceptors (Lipinski definition) is 11. The Balaban J connectivity index is 3.18. The molecular weight excluding hydrogens is 836 g/mol. The van der Waals surface area contributed by atoms with E-state index in [0.29, 0.717) is 19.3 Å². The van der Waals surface area contributed by atoms with E-state index in [4.69, 9.17) is 20.2 Å². The van der Waals surface area contributed by atoms with Crippen molar-refractivity contribution in [1.82, 2.24) is 10.6 Å². The maximum Gasteiger partial charge on any atom is 0.470 e. The molecule has 1 amide bonds. The first-order valence-electron chi connectivity index (χ1n) is 26.6. The third-order valence-electron chi connectivity index (χ3n) is 12.8. The highest BCUT2D eigenvalue weighted by Gasteiger charge is 2.48. The highest BCUT2D eigenvalue weighted by atomic mass is 31.2. The van der Waals surface area contributed by atoms with E-state index in [-0.39, 0.29) is 13.0 Å². The zero-order chi connectivity index (χ0) is 48.0. The molecule has 7 atom stereocenters. The predicted molar refractivity (Wildman–Crippen MR) is 257 cm³/mol. The van der Waals surface area contributed by atoms with Gasteiger partial charge < -0.3 is 39.7 Å². The number of aliphatic hydroxyl groups is 1. The summed E-state index contributed by atoms with van der Waals surface area (Å²) in [4.78, 5) is 55.0. The predicted octanol–water partition coefficient (Wildman–Crippen LogP) is 11.3. The standard InChI is InChI=1S/C50H97N2O11P/c1-6-9-12-15-18-21-24-26-29-32-35-42(36-33-30-27-25-22-19-16-13-10-7-2)50(56)62-47-44(52-46(54)38-43(53)37-34-31-28-23-20-17-14-11-8-3)39-60-45(48(47)63-64(57,58)59)40-61-49(55)41(4)51-5/h41-45,47-48,51,53H,6-40H2,1-5H3,(H,52,54)(H2,57,58,59)/t41-,43+,44-,45+,47+,48+/m0/s1/i/hD. The minimum Gasteiger partial charge on any atom is -0.462 e. The number of amides is 1. The monoisotopic (exact) mass is 934 g/mol. The summed E-state index contributed by atoms with van der Waals surface area (Å²) < 4.78 is 43.4. The molecule has 5 N–H and O–H groups in total. The Hall–Kier alpha value is -1.60. The van der Waals surface area contributed by atoms with Gasteiger partial charge in [0.05, 0.1) is 31.1 Å². The van der Waals surface area contributed by atoms with Crippen LogP contribution in [0, 0.1) is 5.92 Å². The molecule has 1 aliphatic heterocycles. The van der Waals surface area contributed by atoms with Gasteiger partial charge in [0.1, 0.15) is 24.9 Å². The molecule has 0 aliphatic carbocycles. The molecule has 378 valence electrons. The summed E-state index contributed by atoms with van der Waals surface area (Å²) in [6.45, 7) is 7.63. The van der Waals surface area contributed by atoms with Crippen molar-refractivity contribution in [3.8, 4) is 0 Å². The Bertz CT molecular complexity index is 1210. The minimum atomic E-state index is -5.06. The van der Waals surface area contributed by atoms with E-state index in [9.17, 15) is 28.9 Å². The lowest BCUT2D eigenvalue weighted by Crippen LogP contribution is -2.62. The molecule has 0 aromatic rings. The molecule has 13 nitrogen and oxygen atoms in total. The highest BCUT2D eigenvalue weighted by Crippen LogP contribution is 2.42. The van der Waals surface area contributed by atoms with Crippen LogP contribution in [0.25, 0.3) is 0 Å². The summed E-state index contributed by atoms with van der Waals surface area (Å²) in [6.07, 6.45) is 29.9. The third-order valence-corrected chi connectivity index (χ3v) is 13.3. The number of carbonyl (C=O) groups is 3. The number of aliphatic hydroxyl groups excluding tert-OH is 1. The number of ether oxygens (including phenoxy) is 3. The van der Waals surface area contributed by atoms with Crippen molar-refractivity contribution in [3.05, 3.63) is 0 Å². The number of unbranched alkanes of at least 4 members (excludes halogenated alkanes) is 26. The minimum absolute atomic E-state index is 0.197. The summed E-state index contributed by atoms with van der Waals surface area (Å²) in [7, 11) is -3.46. The number of esters is 2. The molecule has 0 radical (unpaired) electrons. The molecule has 1 unspecified atom stereocenters. The molecule has 0 aromatic carbocycles. The van der Waals surface area contributed by atoms with E-state index in [1.807, 2.05) is 0 Å². The number of carbonyl (C=O) groups excluding carboxylic acids is 3. The Labute approximate surface area is 391 Å². The van der Waals surface area contributed by atoms with E-state index in [1.165, 1.54) is 109 Å². The van der Waals surface area contributed by atoms with Gasteiger partial charge in [0.2, 0.25) is 7.34 Å². The fraction of sp³-hybridized carbons (Fsp3) is 0.940. The third kappa shape index (κ3) is 31.4. The van der Waals surface area contributed by atoms with Gasteiger partial charge in [-0.3, -0.25) is 18.9 Å². The summed E-state index contributed by atoms with van der Waals surface area (Å²) >= 11 is 0. The topological polar surface area (TPSA) is 190 Å². The first-order chi connectivity index (χ1) is 31.4. The Morgan fingerprint density at radius 2 is 1.09 bits per heavy atom. The molecule has 0 spiro atoms. The summed E-state index contributed by atoms with van der Waals surface area (Å²) in [5, 5.41) is 16.5. The lowest BCUT2D eigenvalue weighted by Gasteiger charge is -2.42. The highest BCUT2D eigenvalue weighted by molar-refractivity contribution is 7.46. The smallest absolute Gasteiger partial charge is 0.462 e. The first kappa shape index (κ1) is 58.5. The molecule has 0 bridgehead atoms. The molecule has 0 saturated carbocycles. The number of phosphoric acid groups is 1. The van der Waals surface area contributed by atoms with Crippen LogP contribution in [0.2, 0.25) is 0 Å². The van der Waals surface area contributed by atoms with Crippen LogP contribution in [-0.2, 0) is 37.7 Å². The maximum atomic E-state index is 14.4. The Kier molecular flexibility index (Phi) is 36.0. The summed E-state index contributed by atoms with van der Waals surface area (Å²) in [6, 6.07) is -1.72. The number of likely N-dealkylation sites (N-methyl/N-ethyl adjacent to an activating group) is 1. The van der Waals surface area contributed by atoms with Gasteiger partial charge in [-0.25, -0.2) is 4.57 Å². The van der Waals surface area contributed by atoms with Crippen molar-refractivity contribution in [1.29, 1.82) is 1.43 Å². The normalized spacial score (nSPS) is 19.8. The summed E-state index contributed by atoms with van der Waals surface area (Å²) in [5.74, 6) is -2.10. The van der Waals surface area contributed by atoms with E-state index in [0.717, 1.165) is 77.0 Å².